The summed E-state index contributed by atoms with van der Waals surface area (Å²) in [4.78, 5) is 12.0. The molecule has 1 aromatic heterocycles. The van der Waals surface area contributed by atoms with Crippen molar-refractivity contribution in [2.24, 2.45) is 5.10 Å². The summed E-state index contributed by atoms with van der Waals surface area (Å²) in [5, 5.41) is 13.4. The Hall–Kier alpha value is -3.54. The molecule has 0 aliphatic heterocycles. The van der Waals surface area contributed by atoms with E-state index < -0.39 is 5.91 Å². The minimum absolute atomic E-state index is 0.0324. The molecular weight excluding hydrogens is 318 g/mol. The third kappa shape index (κ3) is 3.87. The number of aromatic hydroxyl groups is 1. The first-order chi connectivity index (χ1) is 12.2. The van der Waals surface area contributed by atoms with Crippen molar-refractivity contribution in [3.8, 4) is 17.2 Å². The lowest BCUT2D eigenvalue weighted by Gasteiger charge is -2.07. The molecule has 0 fully saturated rings. The number of hydrogen-bond acceptors (Lipinski definition) is 4. The van der Waals surface area contributed by atoms with Gasteiger partial charge in [-0.1, -0.05) is 6.07 Å². The molecule has 6 heteroatoms. The highest BCUT2D eigenvalue weighted by molar-refractivity contribution is 5.95. The normalized spacial score (nSPS) is 10.8. The van der Waals surface area contributed by atoms with Crippen LogP contribution in [0.3, 0.4) is 0 Å². The molecule has 6 nitrogen and oxygen atoms in total. The molecule has 2 aromatic carbocycles. The average molecular weight is 335 g/mol. The number of nitrogens with one attached hydrogen (secondary N) is 1. The van der Waals surface area contributed by atoms with Crippen LogP contribution in [-0.4, -0.2) is 28.9 Å². The maximum atomic E-state index is 12.0. The SMILES string of the molecule is COc1ccc(-n2cccc2/C=N\NC(=O)c2cccc(O)c2)cc1. The summed E-state index contributed by atoms with van der Waals surface area (Å²) >= 11 is 0. The lowest BCUT2D eigenvalue weighted by Crippen LogP contribution is -2.17. The van der Waals surface area contributed by atoms with Gasteiger partial charge in [-0.25, -0.2) is 5.43 Å². The van der Waals surface area contributed by atoms with E-state index in [0.29, 0.717) is 5.56 Å². The number of carbonyl (C=O) groups is 1. The average Bonchev–Trinajstić information content (AvgIpc) is 3.10. The first-order valence-electron chi connectivity index (χ1n) is 7.61. The van der Waals surface area contributed by atoms with E-state index in [1.165, 1.54) is 12.1 Å². The van der Waals surface area contributed by atoms with Crippen LogP contribution < -0.4 is 10.2 Å². The lowest BCUT2D eigenvalue weighted by molar-refractivity contribution is 0.0954. The minimum Gasteiger partial charge on any atom is -0.508 e. The van der Waals surface area contributed by atoms with Crippen LogP contribution in [0, 0.1) is 0 Å². The highest BCUT2D eigenvalue weighted by Gasteiger charge is 2.05. The summed E-state index contributed by atoms with van der Waals surface area (Å²) in [6.45, 7) is 0. The van der Waals surface area contributed by atoms with E-state index in [2.05, 4.69) is 10.5 Å². The Morgan fingerprint density at radius 3 is 2.68 bits per heavy atom. The number of rotatable bonds is 5. The topological polar surface area (TPSA) is 75.8 Å². The number of carbonyl (C=O) groups excluding carboxylic acids is 1. The van der Waals surface area contributed by atoms with Crippen molar-refractivity contribution in [2.75, 3.05) is 7.11 Å². The molecule has 2 N–H and O–H groups in total. The van der Waals surface area contributed by atoms with Crippen LogP contribution in [-0.2, 0) is 0 Å². The van der Waals surface area contributed by atoms with Gasteiger partial charge in [-0.05, 0) is 54.6 Å². The molecule has 0 unspecified atom stereocenters. The summed E-state index contributed by atoms with van der Waals surface area (Å²) in [7, 11) is 1.62. The number of benzene rings is 2. The van der Waals surface area contributed by atoms with E-state index in [-0.39, 0.29) is 5.75 Å². The van der Waals surface area contributed by atoms with Gasteiger partial charge in [0, 0.05) is 17.4 Å². The van der Waals surface area contributed by atoms with Crippen LogP contribution in [0.4, 0.5) is 0 Å². The Labute approximate surface area is 145 Å². The number of nitrogens with zero attached hydrogens (tertiary/aromatic N) is 2. The second kappa shape index (κ2) is 7.35. The van der Waals surface area contributed by atoms with Gasteiger partial charge in [0.25, 0.3) is 5.91 Å². The molecule has 0 aliphatic carbocycles. The van der Waals surface area contributed by atoms with E-state index in [1.54, 1.807) is 25.5 Å². The fraction of sp³-hybridized carbons (Fsp3) is 0.0526. The highest BCUT2D eigenvalue weighted by Crippen LogP contribution is 2.16. The quantitative estimate of drug-likeness (QED) is 0.556. The van der Waals surface area contributed by atoms with Gasteiger partial charge in [-0.15, -0.1) is 0 Å². The molecule has 3 rings (SSSR count). The van der Waals surface area contributed by atoms with Crippen LogP contribution in [0.1, 0.15) is 16.1 Å². The van der Waals surface area contributed by atoms with Gasteiger partial charge in [0.15, 0.2) is 0 Å². The number of ether oxygens (including phenoxy) is 1. The van der Waals surface area contributed by atoms with Crippen molar-refractivity contribution >= 4 is 12.1 Å². The van der Waals surface area contributed by atoms with Gasteiger partial charge in [-0.2, -0.15) is 5.10 Å². The first kappa shape index (κ1) is 16.3. The summed E-state index contributed by atoms with van der Waals surface area (Å²) in [6.07, 6.45) is 3.46. The number of phenols is 1. The summed E-state index contributed by atoms with van der Waals surface area (Å²) in [5.74, 6) is 0.421. The summed E-state index contributed by atoms with van der Waals surface area (Å²) in [6, 6.07) is 17.5. The van der Waals surface area contributed by atoms with Crippen LogP contribution in [0.25, 0.3) is 5.69 Å². The zero-order valence-corrected chi connectivity index (χ0v) is 13.6. The zero-order chi connectivity index (χ0) is 17.6. The maximum Gasteiger partial charge on any atom is 0.271 e. The van der Waals surface area contributed by atoms with Crippen molar-refractivity contribution < 1.29 is 14.6 Å². The summed E-state index contributed by atoms with van der Waals surface area (Å²) in [5.41, 5.74) is 4.54. The molecule has 0 saturated carbocycles. The number of aromatic nitrogens is 1. The van der Waals surface area contributed by atoms with Crippen LogP contribution >= 0.6 is 0 Å². The molecule has 0 spiro atoms. The van der Waals surface area contributed by atoms with Gasteiger partial charge >= 0.3 is 0 Å². The monoisotopic (exact) mass is 335 g/mol. The molecular formula is C19H17N3O3. The number of methoxy groups -OCH3 is 1. The van der Waals surface area contributed by atoms with Gasteiger partial charge in [0.1, 0.15) is 11.5 Å². The molecule has 3 aromatic rings. The number of phenolic OH excluding ortho intramolecular Hbond substituents is 1. The van der Waals surface area contributed by atoms with Crippen molar-refractivity contribution in [2.45, 2.75) is 0 Å². The minimum atomic E-state index is -0.394. The van der Waals surface area contributed by atoms with Gasteiger partial charge < -0.3 is 14.4 Å². The number of hydrazone groups is 1. The Balaban J connectivity index is 1.72. The first-order valence-corrected chi connectivity index (χ1v) is 7.61. The Bertz CT molecular complexity index is 898. The van der Waals surface area contributed by atoms with Gasteiger partial charge in [0.2, 0.25) is 0 Å². The lowest BCUT2D eigenvalue weighted by atomic mass is 10.2. The Morgan fingerprint density at radius 1 is 1.16 bits per heavy atom. The molecule has 1 amide bonds. The van der Waals surface area contributed by atoms with Crippen LogP contribution in [0.15, 0.2) is 72.0 Å². The molecule has 0 bridgehead atoms. The van der Waals surface area contributed by atoms with E-state index >= 15 is 0 Å². The fourth-order valence-corrected chi connectivity index (χ4v) is 2.35. The van der Waals surface area contributed by atoms with Crippen molar-refractivity contribution in [1.29, 1.82) is 0 Å². The van der Waals surface area contributed by atoms with E-state index in [9.17, 15) is 9.90 Å². The van der Waals surface area contributed by atoms with Crippen LogP contribution in [0.2, 0.25) is 0 Å². The zero-order valence-electron chi connectivity index (χ0n) is 13.6. The van der Waals surface area contributed by atoms with E-state index in [4.69, 9.17) is 4.74 Å². The van der Waals surface area contributed by atoms with Crippen molar-refractivity contribution in [3.05, 3.63) is 78.1 Å². The van der Waals surface area contributed by atoms with Gasteiger partial charge in [0.05, 0.1) is 19.0 Å². The molecule has 25 heavy (non-hydrogen) atoms. The number of amides is 1. The van der Waals surface area contributed by atoms with Crippen molar-refractivity contribution in [3.63, 3.8) is 0 Å². The molecule has 0 aliphatic rings. The standard InChI is InChI=1S/C19H17N3O3/c1-25-18-9-7-15(8-10-18)22-11-3-5-16(22)13-20-21-19(24)14-4-2-6-17(23)12-14/h2-13,23H,1H3,(H,21,24)/b20-13-. The molecule has 1 heterocycles. The predicted octanol–water partition coefficient (Wildman–Crippen LogP) is 2.96. The largest absolute Gasteiger partial charge is 0.508 e. The van der Waals surface area contributed by atoms with Crippen molar-refractivity contribution in [1.82, 2.24) is 9.99 Å². The van der Waals surface area contributed by atoms with E-state index in [1.807, 2.05) is 47.2 Å². The van der Waals surface area contributed by atoms with Crippen LogP contribution in [0.5, 0.6) is 11.5 Å². The summed E-state index contributed by atoms with van der Waals surface area (Å²) < 4.78 is 7.09. The molecule has 126 valence electrons. The second-order valence-electron chi connectivity index (χ2n) is 5.25. The third-order valence-electron chi connectivity index (χ3n) is 3.60. The number of hydrogen-bond donors (Lipinski definition) is 2. The Kier molecular flexibility index (Phi) is 4.80. The second-order valence-corrected chi connectivity index (χ2v) is 5.25. The Morgan fingerprint density at radius 2 is 1.96 bits per heavy atom. The predicted molar refractivity (Wildman–Crippen MR) is 95.5 cm³/mol. The van der Waals surface area contributed by atoms with E-state index in [0.717, 1.165) is 17.1 Å². The molecule has 0 saturated heterocycles. The fourth-order valence-electron chi connectivity index (χ4n) is 2.35. The van der Waals surface area contributed by atoms with Gasteiger partial charge in [-0.3, -0.25) is 4.79 Å². The molecule has 0 atom stereocenters. The highest BCUT2D eigenvalue weighted by atomic mass is 16.5. The third-order valence-corrected chi connectivity index (χ3v) is 3.60. The molecule has 0 radical (unpaired) electrons. The maximum absolute atomic E-state index is 12.0. The smallest absolute Gasteiger partial charge is 0.271 e.